The molecule has 0 aliphatic heterocycles. The van der Waals surface area contributed by atoms with Gasteiger partial charge >= 0.3 is 0 Å². The summed E-state index contributed by atoms with van der Waals surface area (Å²) in [5.74, 6) is 1.73. The van der Waals surface area contributed by atoms with Crippen LogP contribution in [0.2, 0.25) is 0 Å². The molecule has 2 aromatic carbocycles. The van der Waals surface area contributed by atoms with Gasteiger partial charge in [-0.05, 0) is 67.4 Å². The molecule has 0 amide bonds. The molecule has 0 radical (unpaired) electrons. The maximum atomic E-state index is 13.0. The minimum atomic E-state index is -3.77. The van der Waals surface area contributed by atoms with Crippen LogP contribution < -0.4 is 14.2 Å². The van der Waals surface area contributed by atoms with Gasteiger partial charge < -0.3 is 9.47 Å². The van der Waals surface area contributed by atoms with E-state index in [1.54, 1.807) is 48.8 Å². The fraction of sp³-hybridized carbons (Fsp3) is 0.167. The van der Waals surface area contributed by atoms with Crippen molar-refractivity contribution < 1.29 is 17.9 Å². The van der Waals surface area contributed by atoms with E-state index in [0.29, 0.717) is 29.3 Å². The Morgan fingerprint density at radius 3 is 2.53 bits per heavy atom. The van der Waals surface area contributed by atoms with E-state index in [4.69, 9.17) is 9.47 Å². The van der Waals surface area contributed by atoms with Gasteiger partial charge in [-0.1, -0.05) is 12.1 Å². The third-order valence-electron chi connectivity index (χ3n) is 4.72. The molecule has 164 valence electrons. The molecule has 7 nitrogen and oxygen atoms in total. The molecule has 0 unspecified atom stereocenters. The molecular weight excluding hydrogens is 426 g/mol. The predicted octanol–water partition coefficient (Wildman–Crippen LogP) is 4.61. The average molecular weight is 450 g/mol. The quantitative estimate of drug-likeness (QED) is 0.423. The van der Waals surface area contributed by atoms with E-state index in [1.807, 2.05) is 38.1 Å². The first kappa shape index (κ1) is 21.7. The van der Waals surface area contributed by atoms with Gasteiger partial charge in [-0.3, -0.25) is 4.98 Å². The molecule has 0 bridgehead atoms. The Balaban J connectivity index is 1.48. The fourth-order valence-corrected chi connectivity index (χ4v) is 4.42. The summed E-state index contributed by atoms with van der Waals surface area (Å²) >= 11 is 0. The smallest absolute Gasteiger partial charge is 0.243 e. The monoisotopic (exact) mass is 449 g/mol. The molecule has 1 N–H and O–H groups in total. The second-order valence-electron chi connectivity index (χ2n) is 7.17. The number of hydrogen-bond acceptors (Lipinski definition) is 6. The van der Waals surface area contributed by atoms with Crippen molar-refractivity contribution in [2.24, 2.45) is 0 Å². The highest BCUT2D eigenvalue weighted by molar-refractivity contribution is 7.89. The molecule has 2 heterocycles. The lowest BCUT2D eigenvalue weighted by Gasteiger charge is -2.11. The highest BCUT2D eigenvalue weighted by atomic mass is 32.2. The molecule has 0 fully saturated rings. The van der Waals surface area contributed by atoms with Crippen LogP contribution in [-0.2, 0) is 16.6 Å². The van der Waals surface area contributed by atoms with E-state index in [1.165, 1.54) is 0 Å². The van der Waals surface area contributed by atoms with Crippen LogP contribution in [0.5, 0.6) is 17.4 Å². The van der Waals surface area contributed by atoms with E-state index >= 15 is 0 Å². The minimum Gasteiger partial charge on any atom is -0.494 e. The molecule has 4 rings (SSSR count). The van der Waals surface area contributed by atoms with Gasteiger partial charge in [-0.15, -0.1) is 0 Å². The highest BCUT2D eigenvalue weighted by Crippen LogP contribution is 2.24. The number of fused-ring (bicyclic) bond motifs is 1. The van der Waals surface area contributed by atoms with Crippen molar-refractivity contribution in [3.8, 4) is 17.4 Å². The van der Waals surface area contributed by atoms with Gasteiger partial charge in [0.1, 0.15) is 16.4 Å². The normalized spacial score (nSPS) is 11.4. The molecule has 2 aromatic heterocycles. The van der Waals surface area contributed by atoms with Gasteiger partial charge in [0.05, 0.1) is 12.1 Å². The van der Waals surface area contributed by atoms with E-state index in [0.717, 1.165) is 16.7 Å². The number of aryl methyl sites for hydroxylation is 1. The molecule has 4 aromatic rings. The van der Waals surface area contributed by atoms with Crippen molar-refractivity contribution >= 4 is 20.9 Å². The first-order chi connectivity index (χ1) is 15.4. The van der Waals surface area contributed by atoms with E-state index in [-0.39, 0.29) is 11.4 Å². The lowest BCUT2D eigenvalue weighted by atomic mass is 10.2. The fourth-order valence-electron chi connectivity index (χ4n) is 3.22. The van der Waals surface area contributed by atoms with Gasteiger partial charge in [0.2, 0.25) is 15.9 Å². The minimum absolute atomic E-state index is 0.0900. The topological polar surface area (TPSA) is 90.4 Å². The second-order valence-corrected chi connectivity index (χ2v) is 8.91. The van der Waals surface area contributed by atoms with Crippen molar-refractivity contribution in [1.29, 1.82) is 0 Å². The lowest BCUT2D eigenvalue weighted by molar-refractivity contribution is 0.339. The van der Waals surface area contributed by atoms with Crippen LogP contribution in [0, 0.1) is 6.92 Å². The SMILES string of the molecule is CCOc1ccc(Oc2cc(CNS(=O)(=O)c3cccc4cc(C)cnc34)ccn2)cc1. The van der Waals surface area contributed by atoms with E-state index in [9.17, 15) is 8.42 Å². The lowest BCUT2D eigenvalue weighted by Crippen LogP contribution is -2.23. The summed E-state index contributed by atoms with van der Waals surface area (Å²) in [7, 11) is -3.77. The van der Waals surface area contributed by atoms with Crippen molar-refractivity contribution in [1.82, 2.24) is 14.7 Å². The first-order valence-corrected chi connectivity index (χ1v) is 11.6. The Morgan fingerprint density at radius 1 is 0.969 bits per heavy atom. The van der Waals surface area contributed by atoms with Crippen molar-refractivity contribution in [2.75, 3.05) is 6.61 Å². The molecule has 8 heteroatoms. The summed E-state index contributed by atoms with van der Waals surface area (Å²) in [4.78, 5) is 8.68. The van der Waals surface area contributed by atoms with Crippen molar-refractivity contribution in [3.05, 3.63) is 84.2 Å². The van der Waals surface area contributed by atoms with Gasteiger partial charge in [0.15, 0.2) is 0 Å². The van der Waals surface area contributed by atoms with Crippen LogP contribution in [0.1, 0.15) is 18.1 Å². The third kappa shape index (κ3) is 5.04. The standard InChI is InChI=1S/C24H23N3O4S/c1-3-30-20-7-9-21(10-8-20)31-23-14-18(11-12-25-23)16-27-32(28,29)22-6-4-5-19-13-17(2)15-26-24(19)22/h4-15,27H,3,16H2,1-2H3. The Kier molecular flexibility index (Phi) is 6.34. The zero-order valence-electron chi connectivity index (χ0n) is 17.8. The Morgan fingerprint density at radius 2 is 1.75 bits per heavy atom. The molecular formula is C24H23N3O4S. The van der Waals surface area contributed by atoms with Crippen LogP contribution in [0.15, 0.2) is 78.0 Å². The van der Waals surface area contributed by atoms with E-state index in [2.05, 4.69) is 14.7 Å². The molecule has 0 atom stereocenters. The summed E-state index contributed by atoms with van der Waals surface area (Å²) in [6, 6.07) is 17.7. The number of nitrogens with one attached hydrogen (secondary N) is 1. The first-order valence-electron chi connectivity index (χ1n) is 10.2. The third-order valence-corrected chi connectivity index (χ3v) is 6.16. The van der Waals surface area contributed by atoms with Crippen molar-refractivity contribution in [3.63, 3.8) is 0 Å². The van der Waals surface area contributed by atoms with Crippen LogP contribution in [0.25, 0.3) is 10.9 Å². The number of benzene rings is 2. The number of nitrogens with zero attached hydrogens (tertiary/aromatic N) is 2. The van der Waals surface area contributed by atoms with Gasteiger partial charge in [0, 0.05) is 30.4 Å². The van der Waals surface area contributed by atoms with Crippen LogP contribution in [-0.4, -0.2) is 25.0 Å². The molecule has 0 saturated carbocycles. The predicted molar refractivity (Wildman–Crippen MR) is 122 cm³/mol. The molecule has 0 spiro atoms. The number of ether oxygens (including phenoxy) is 2. The Labute approximate surface area is 187 Å². The number of para-hydroxylation sites is 1. The highest BCUT2D eigenvalue weighted by Gasteiger charge is 2.18. The summed E-state index contributed by atoms with van der Waals surface area (Å²) in [5, 5.41) is 0.780. The zero-order valence-corrected chi connectivity index (χ0v) is 18.6. The largest absolute Gasteiger partial charge is 0.494 e. The Hall–Kier alpha value is -3.49. The summed E-state index contributed by atoms with van der Waals surface area (Å²) in [6.07, 6.45) is 3.24. The molecule has 0 aliphatic carbocycles. The summed E-state index contributed by atoms with van der Waals surface area (Å²) in [5.41, 5.74) is 2.13. The maximum absolute atomic E-state index is 13.0. The van der Waals surface area contributed by atoms with Gasteiger partial charge in [-0.2, -0.15) is 0 Å². The van der Waals surface area contributed by atoms with Crippen LogP contribution >= 0.6 is 0 Å². The average Bonchev–Trinajstić information content (AvgIpc) is 2.79. The van der Waals surface area contributed by atoms with Crippen molar-refractivity contribution in [2.45, 2.75) is 25.3 Å². The van der Waals surface area contributed by atoms with Crippen LogP contribution in [0.4, 0.5) is 0 Å². The number of rotatable bonds is 8. The number of pyridine rings is 2. The molecule has 0 saturated heterocycles. The number of hydrogen-bond donors (Lipinski definition) is 1. The van der Waals surface area contributed by atoms with Crippen LogP contribution in [0.3, 0.4) is 0 Å². The maximum Gasteiger partial charge on any atom is 0.243 e. The molecule has 0 aliphatic rings. The summed E-state index contributed by atoms with van der Waals surface area (Å²) < 4.78 is 39.8. The molecule has 32 heavy (non-hydrogen) atoms. The second kappa shape index (κ2) is 9.33. The number of sulfonamides is 1. The van der Waals surface area contributed by atoms with Gasteiger partial charge in [0.25, 0.3) is 0 Å². The Bertz CT molecular complexity index is 1340. The summed E-state index contributed by atoms with van der Waals surface area (Å²) in [6.45, 7) is 4.52. The zero-order chi connectivity index (χ0) is 22.6. The number of aromatic nitrogens is 2. The van der Waals surface area contributed by atoms with E-state index < -0.39 is 10.0 Å². The van der Waals surface area contributed by atoms with Gasteiger partial charge in [-0.25, -0.2) is 18.1 Å².